The number of H-pyrrole nitrogens is 1. The number of amides is 2. The van der Waals surface area contributed by atoms with Crippen molar-refractivity contribution in [3.05, 3.63) is 29.3 Å². The molecule has 1 aliphatic rings. The van der Waals surface area contributed by atoms with Crippen LogP contribution in [0.5, 0.6) is 0 Å². The third-order valence-corrected chi connectivity index (χ3v) is 4.36. The van der Waals surface area contributed by atoms with E-state index in [4.69, 9.17) is 0 Å². The average molecular weight is 384 g/mol. The number of aryl methyl sites for hydroxylation is 1. The van der Waals surface area contributed by atoms with Gasteiger partial charge in [-0.3, -0.25) is 19.4 Å². The lowest BCUT2D eigenvalue weighted by Crippen LogP contribution is -2.35. The molecule has 2 aromatic heterocycles. The zero-order valence-electron chi connectivity index (χ0n) is 14.6. The number of hydrogen-bond donors (Lipinski definition) is 3. The lowest BCUT2D eigenvalue weighted by Gasteiger charge is -2.11. The number of rotatable bonds is 5. The van der Waals surface area contributed by atoms with Crippen molar-refractivity contribution in [3.8, 4) is 0 Å². The molecule has 2 amide bonds. The van der Waals surface area contributed by atoms with Crippen LogP contribution in [0.2, 0.25) is 0 Å². The first-order valence-electron chi connectivity index (χ1n) is 8.49. The van der Waals surface area contributed by atoms with Gasteiger partial charge in [0.15, 0.2) is 5.69 Å². The second-order valence-electron chi connectivity index (χ2n) is 6.50. The summed E-state index contributed by atoms with van der Waals surface area (Å²) in [5, 5.41) is 14.5. The molecule has 146 valence electrons. The molecule has 0 aliphatic heterocycles. The van der Waals surface area contributed by atoms with Crippen LogP contribution < -0.4 is 10.6 Å². The summed E-state index contributed by atoms with van der Waals surface area (Å²) in [4.78, 5) is 24.2. The quantitative estimate of drug-likeness (QED) is 0.735. The Labute approximate surface area is 152 Å². The molecule has 3 N–H and O–H groups in total. The van der Waals surface area contributed by atoms with Gasteiger partial charge in [-0.05, 0) is 19.8 Å². The van der Waals surface area contributed by atoms with Crippen molar-refractivity contribution in [2.24, 2.45) is 0 Å². The van der Waals surface area contributed by atoms with Gasteiger partial charge in [-0.15, -0.1) is 0 Å². The average Bonchev–Trinajstić information content (AvgIpc) is 3.28. The van der Waals surface area contributed by atoms with E-state index in [2.05, 4.69) is 25.9 Å². The Kier molecular flexibility index (Phi) is 5.19. The van der Waals surface area contributed by atoms with E-state index in [9.17, 15) is 22.8 Å². The van der Waals surface area contributed by atoms with E-state index >= 15 is 0 Å². The van der Waals surface area contributed by atoms with Crippen LogP contribution in [0.3, 0.4) is 0 Å². The van der Waals surface area contributed by atoms with Crippen LogP contribution in [0, 0.1) is 6.92 Å². The van der Waals surface area contributed by atoms with E-state index in [0.29, 0.717) is 0 Å². The monoisotopic (exact) mass is 384 g/mol. The van der Waals surface area contributed by atoms with Gasteiger partial charge in [-0.25, -0.2) is 0 Å². The molecule has 0 saturated heterocycles. The summed E-state index contributed by atoms with van der Waals surface area (Å²) < 4.78 is 40.2. The number of nitrogens with zero attached hydrogens (tertiary/aromatic N) is 3. The number of aromatic amines is 1. The predicted octanol–water partition coefficient (Wildman–Crippen LogP) is 2.24. The minimum Gasteiger partial charge on any atom is -0.352 e. The Morgan fingerprint density at radius 3 is 2.70 bits per heavy atom. The number of carbonyl (C=O) groups excluding carboxylic acids is 2. The lowest BCUT2D eigenvalue weighted by atomic mass is 10.1. The van der Waals surface area contributed by atoms with Crippen LogP contribution >= 0.6 is 0 Å². The summed E-state index contributed by atoms with van der Waals surface area (Å²) in [6, 6.07) is 0.178. The molecule has 1 saturated carbocycles. The molecule has 0 radical (unpaired) electrons. The van der Waals surface area contributed by atoms with Gasteiger partial charge < -0.3 is 10.6 Å². The van der Waals surface area contributed by atoms with E-state index in [-0.39, 0.29) is 29.9 Å². The van der Waals surface area contributed by atoms with Gasteiger partial charge in [0.05, 0.1) is 17.4 Å². The highest BCUT2D eigenvalue weighted by molar-refractivity contribution is 6.05. The van der Waals surface area contributed by atoms with Crippen LogP contribution in [-0.2, 0) is 17.5 Å². The maximum atomic E-state index is 13.0. The third-order valence-electron chi connectivity index (χ3n) is 4.36. The van der Waals surface area contributed by atoms with E-state index in [1.165, 1.54) is 24.0 Å². The lowest BCUT2D eigenvalue weighted by molar-refractivity contribution is -0.141. The SMILES string of the molecule is Cc1[nH]nc(C(F)(F)F)c1C(=O)Nc1cnn(CC(=O)NC2CCCC2)c1. The molecule has 11 heteroatoms. The van der Waals surface area contributed by atoms with Gasteiger partial charge in [0.25, 0.3) is 5.91 Å². The zero-order chi connectivity index (χ0) is 19.6. The summed E-state index contributed by atoms with van der Waals surface area (Å²) in [6.45, 7) is 1.29. The van der Waals surface area contributed by atoms with E-state index in [1.54, 1.807) is 0 Å². The second kappa shape index (κ2) is 7.41. The fourth-order valence-corrected chi connectivity index (χ4v) is 3.11. The summed E-state index contributed by atoms with van der Waals surface area (Å²) in [7, 11) is 0. The largest absolute Gasteiger partial charge is 0.435 e. The first-order valence-corrected chi connectivity index (χ1v) is 8.49. The molecule has 2 aromatic rings. The number of nitrogens with one attached hydrogen (secondary N) is 3. The number of anilines is 1. The Hall–Kier alpha value is -2.85. The van der Waals surface area contributed by atoms with Gasteiger partial charge in [-0.2, -0.15) is 23.4 Å². The molecule has 0 bridgehead atoms. The molecule has 27 heavy (non-hydrogen) atoms. The van der Waals surface area contributed by atoms with Gasteiger partial charge in [0.1, 0.15) is 6.54 Å². The summed E-state index contributed by atoms with van der Waals surface area (Å²) in [5.41, 5.74) is -1.67. The molecular weight excluding hydrogens is 365 g/mol. The Balaban J connectivity index is 1.63. The van der Waals surface area contributed by atoms with E-state index < -0.39 is 23.3 Å². The molecule has 1 aliphatic carbocycles. The predicted molar refractivity (Wildman–Crippen MR) is 88.9 cm³/mol. The minimum atomic E-state index is -4.75. The Morgan fingerprint density at radius 2 is 2.04 bits per heavy atom. The topological polar surface area (TPSA) is 105 Å². The first-order chi connectivity index (χ1) is 12.7. The Morgan fingerprint density at radius 1 is 1.33 bits per heavy atom. The van der Waals surface area contributed by atoms with Crippen LogP contribution in [0.4, 0.5) is 18.9 Å². The van der Waals surface area contributed by atoms with Crippen LogP contribution in [0.15, 0.2) is 12.4 Å². The number of halogens is 3. The van der Waals surface area contributed by atoms with Gasteiger partial charge in [-0.1, -0.05) is 12.8 Å². The normalized spacial score (nSPS) is 15.1. The zero-order valence-corrected chi connectivity index (χ0v) is 14.6. The molecule has 0 atom stereocenters. The maximum absolute atomic E-state index is 13.0. The highest BCUT2D eigenvalue weighted by Gasteiger charge is 2.39. The summed E-state index contributed by atoms with van der Waals surface area (Å²) in [6.07, 6.45) is 2.00. The number of alkyl halides is 3. The maximum Gasteiger partial charge on any atom is 0.435 e. The van der Waals surface area contributed by atoms with Crippen LogP contribution in [0.25, 0.3) is 0 Å². The Bertz CT molecular complexity index is 836. The molecule has 0 spiro atoms. The molecule has 2 heterocycles. The summed E-state index contributed by atoms with van der Waals surface area (Å²) >= 11 is 0. The molecular formula is C16H19F3N6O2. The van der Waals surface area contributed by atoms with E-state index in [1.807, 2.05) is 0 Å². The van der Waals surface area contributed by atoms with Crippen molar-refractivity contribution in [3.63, 3.8) is 0 Å². The van der Waals surface area contributed by atoms with Crippen molar-refractivity contribution in [1.82, 2.24) is 25.3 Å². The summed E-state index contributed by atoms with van der Waals surface area (Å²) in [5.74, 6) is -1.16. The fraction of sp³-hybridized carbons (Fsp3) is 0.500. The van der Waals surface area contributed by atoms with Crippen LogP contribution in [-0.4, -0.2) is 37.8 Å². The molecule has 1 fully saturated rings. The molecule has 3 rings (SSSR count). The smallest absolute Gasteiger partial charge is 0.352 e. The van der Waals surface area contributed by atoms with Crippen molar-refractivity contribution < 1.29 is 22.8 Å². The molecule has 0 aromatic carbocycles. The number of carbonyl (C=O) groups is 2. The number of aromatic nitrogens is 4. The highest BCUT2D eigenvalue weighted by atomic mass is 19.4. The first kappa shape index (κ1) is 18.9. The van der Waals surface area contributed by atoms with Crippen LogP contribution in [0.1, 0.15) is 47.4 Å². The standard InChI is InChI=1S/C16H19F3N6O2/c1-9-13(14(24-23-9)16(17,18)19)15(27)22-11-6-20-25(7-11)8-12(26)21-10-4-2-3-5-10/h6-7,10H,2-5,8H2,1H3,(H,21,26)(H,22,27)(H,23,24). The van der Waals surface area contributed by atoms with Crippen molar-refractivity contribution in [2.45, 2.75) is 51.4 Å². The van der Waals surface area contributed by atoms with Gasteiger partial charge in [0, 0.05) is 17.9 Å². The molecule has 0 unspecified atom stereocenters. The van der Waals surface area contributed by atoms with Gasteiger partial charge in [0.2, 0.25) is 5.91 Å². The third kappa shape index (κ3) is 4.47. The number of hydrogen-bond acceptors (Lipinski definition) is 4. The van der Waals surface area contributed by atoms with E-state index in [0.717, 1.165) is 25.7 Å². The molecule has 8 nitrogen and oxygen atoms in total. The van der Waals surface area contributed by atoms with Crippen molar-refractivity contribution in [1.29, 1.82) is 0 Å². The second-order valence-corrected chi connectivity index (χ2v) is 6.50. The minimum absolute atomic E-state index is 0.00292. The van der Waals surface area contributed by atoms with Crippen molar-refractivity contribution >= 4 is 17.5 Å². The van der Waals surface area contributed by atoms with Gasteiger partial charge >= 0.3 is 6.18 Å². The fourth-order valence-electron chi connectivity index (χ4n) is 3.11. The van der Waals surface area contributed by atoms with Crippen molar-refractivity contribution in [2.75, 3.05) is 5.32 Å². The highest BCUT2D eigenvalue weighted by Crippen LogP contribution is 2.31.